The minimum absolute atomic E-state index is 0.102. The van der Waals surface area contributed by atoms with E-state index in [-0.39, 0.29) is 11.8 Å². The molecule has 15 heavy (non-hydrogen) atoms. The van der Waals surface area contributed by atoms with Crippen LogP contribution in [0.2, 0.25) is 0 Å². The highest BCUT2D eigenvalue weighted by molar-refractivity contribution is 5.79. The van der Waals surface area contributed by atoms with E-state index in [0.717, 1.165) is 32.7 Å². The summed E-state index contributed by atoms with van der Waals surface area (Å²) in [5.74, 6) is 0.852. The molecule has 1 N–H and O–H groups in total. The first kappa shape index (κ1) is 9.57. The predicted molar refractivity (Wildman–Crippen MR) is 51.9 cm³/mol. The summed E-state index contributed by atoms with van der Waals surface area (Å²) < 4.78 is 5.24. The molecule has 3 aliphatic heterocycles. The van der Waals surface area contributed by atoms with Gasteiger partial charge >= 0.3 is 0 Å². The van der Waals surface area contributed by atoms with Crippen molar-refractivity contribution >= 4 is 5.91 Å². The molecule has 3 heterocycles. The number of amides is 1. The lowest BCUT2D eigenvalue weighted by Crippen LogP contribution is -2.37. The monoisotopic (exact) mass is 212 g/mol. The zero-order chi connectivity index (χ0) is 10.3. The maximum absolute atomic E-state index is 12.1. The van der Waals surface area contributed by atoms with Gasteiger partial charge in [0.2, 0.25) is 5.91 Å². The van der Waals surface area contributed by atoms with Crippen LogP contribution in [0.1, 0.15) is 6.42 Å². The number of nitrogens with one attached hydrogen (secondary N) is 1. The zero-order valence-corrected chi connectivity index (χ0v) is 8.65. The first-order valence-corrected chi connectivity index (χ1v) is 5.58. The van der Waals surface area contributed by atoms with Crippen LogP contribution >= 0.6 is 0 Å². The molecule has 3 saturated heterocycles. The number of hydrogen-bond acceptors (Lipinski definition) is 4. The van der Waals surface area contributed by atoms with Gasteiger partial charge in [0.25, 0.3) is 0 Å². The lowest BCUT2D eigenvalue weighted by molar-refractivity contribution is -0.135. The van der Waals surface area contributed by atoms with Crippen molar-refractivity contribution in [2.45, 2.75) is 12.5 Å². The average molecular weight is 212 g/mol. The van der Waals surface area contributed by atoms with Crippen molar-refractivity contribution in [2.75, 3.05) is 32.9 Å². The summed E-state index contributed by atoms with van der Waals surface area (Å²) in [4.78, 5) is 19.2. The highest BCUT2D eigenvalue weighted by Gasteiger charge is 2.41. The fourth-order valence-corrected chi connectivity index (χ4v) is 2.60. The molecule has 3 rings (SSSR count). The van der Waals surface area contributed by atoms with E-state index in [9.17, 15) is 4.79 Å². The maximum atomic E-state index is 12.1. The second kappa shape index (κ2) is 3.73. The summed E-state index contributed by atoms with van der Waals surface area (Å²) >= 11 is 0. The second-order valence-electron chi connectivity index (χ2n) is 4.60. The van der Waals surface area contributed by atoms with Crippen molar-refractivity contribution in [3.05, 3.63) is 0 Å². The Hall–Kier alpha value is -0.650. The van der Waals surface area contributed by atoms with Crippen LogP contribution in [0.25, 0.3) is 0 Å². The third-order valence-corrected chi connectivity index (χ3v) is 3.56. The highest BCUT2D eigenvalue weighted by Crippen LogP contribution is 2.25. The molecule has 0 aromatic carbocycles. The summed E-state index contributed by atoms with van der Waals surface area (Å²) in [6.07, 6.45) is 0.884. The Morgan fingerprint density at radius 1 is 1.33 bits per heavy atom. The lowest BCUT2D eigenvalue weighted by Gasteiger charge is -2.20. The van der Waals surface area contributed by atoms with E-state index >= 15 is 0 Å². The van der Waals surface area contributed by atoms with Gasteiger partial charge in [0.05, 0.1) is 25.2 Å². The highest BCUT2D eigenvalue weighted by atomic mass is 16.7. The van der Waals surface area contributed by atoms with Crippen LogP contribution in [0.3, 0.4) is 0 Å². The van der Waals surface area contributed by atoms with E-state index in [1.165, 1.54) is 0 Å². The lowest BCUT2D eigenvalue weighted by atomic mass is 10.1. The summed E-state index contributed by atoms with van der Waals surface area (Å²) in [5.41, 5.74) is 2.97. The second-order valence-corrected chi connectivity index (χ2v) is 4.60. The van der Waals surface area contributed by atoms with E-state index < -0.39 is 0 Å². The van der Waals surface area contributed by atoms with Gasteiger partial charge < -0.3 is 14.5 Å². The van der Waals surface area contributed by atoms with Gasteiger partial charge in [0, 0.05) is 25.6 Å². The fourth-order valence-electron chi connectivity index (χ4n) is 2.60. The van der Waals surface area contributed by atoms with E-state index in [1.807, 2.05) is 4.90 Å². The number of carbonyl (C=O) groups is 1. The molecule has 0 saturated carbocycles. The van der Waals surface area contributed by atoms with E-state index in [0.29, 0.717) is 18.6 Å². The van der Waals surface area contributed by atoms with Gasteiger partial charge in [-0.2, -0.15) is 5.48 Å². The minimum Gasteiger partial charge on any atom is -0.381 e. The number of rotatable bonds is 1. The van der Waals surface area contributed by atoms with Crippen LogP contribution in [0.5, 0.6) is 0 Å². The van der Waals surface area contributed by atoms with Crippen molar-refractivity contribution in [1.29, 1.82) is 0 Å². The largest absolute Gasteiger partial charge is 0.381 e. The molecule has 0 aliphatic carbocycles. The first-order valence-electron chi connectivity index (χ1n) is 5.58. The van der Waals surface area contributed by atoms with Crippen LogP contribution in [0, 0.1) is 11.8 Å². The fraction of sp³-hybridized carbons (Fsp3) is 0.900. The molecule has 0 aromatic rings. The van der Waals surface area contributed by atoms with Gasteiger partial charge in [0.1, 0.15) is 0 Å². The summed E-state index contributed by atoms with van der Waals surface area (Å²) in [6, 6.07) is 0.344. The van der Waals surface area contributed by atoms with Crippen LogP contribution in [0.15, 0.2) is 0 Å². The summed E-state index contributed by atoms with van der Waals surface area (Å²) in [5, 5.41) is 0. The Bertz CT molecular complexity index is 253. The summed E-state index contributed by atoms with van der Waals surface area (Å²) in [6.45, 7) is 3.70. The molecule has 3 atom stereocenters. The van der Waals surface area contributed by atoms with Gasteiger partial charge in [0.15, 0.2) is 0 Å². The van der Waals surface area contributed by atoms with Crippen molar-refractivity contribution in [2.24, 2.45) is 11.8 Å². The number of ether oxygens (including phenoxy) is 1. The van der Waals surface area contributed by atoms with E-state index in [2.05, 4.69) is 5.48 Å². The Balaban J connectivity index is 1.61. The third kappa shape index (κ3) is 1.64. The van der Waals surface area contributed by atoms with Crippen LogP contribution in [0.4, 0.5) is 0 Å². The first-order chi connectivity index (χ1) is 7.34. The Kier molecular flexibility index (Phi) is 2.38. The van der Waals surface area contributed by atoms with E-state index in [1.54, 1.807) is 0 Å². The van der Waals surface area contributed by atoms with Gasteiger partial charge in [-0.15, -0.1) is 0 Å². The van der Waals surface area contributed by atoms with Crippen molar-refractivity contribution < 1.29 is 14.4 Å². The van der Waals surface area contributed by atoms with Crippen LogP contribution in [-0.4, -0.2) is 49.8 Å². The van der Waals surface area contributed by atoms with Gasteiger partial charge in [-0.25, -0.2) is 0 Å². The van der Waals surface area contributed by atoms with Crippen LogP contribution in [-0.2, 0) is 14.4 Å². The normalized spacial score (nSPS) is 39.7. The summed E-state index contributed by atoms with van der Waals surface area (Å²) in [7, 11) is 0. The maximum Gasteiger partial charge on any atom is 0.228 e. The number of nitrogens with zero attached hydrogens (tertiary/aromatic N) is 1. The molecule has 0 spiro atoms. The molecule has 3 aliphatic rings. The molecule has 3 unspecified atom stereocenters. The zero-order valence-electron chi connectivity index (χ0n) is 8.65. The molecule has 0 aromatic heterocycles. The topological polar surface area (TPSA) is 50.8 Å². The van der Waals surface area contributed by atoms with E-state index in [4.69, 9.17) is 9.57 Å². The quantitative estimate of drug-likeness (QED) is 0.629. The SMILES string of the molecule is O=C(C1CCOC1)N1CC2CONC2C1. The molecule has 0 radical (unpaired) electrons. The van der Waals surface area contributed by atoms with Gasteiger partial charge in [-0.05, 0) is 6.42 Å². The predicted octanol–water partition coefficient (Wildman–Crippen LogP) is -0.615. The Morgan fingerprint density at radius 2 is 2.27 bits per heavy atom. The standard InChI is InChI=1S/C10H16N2O3/c13-10(7-1-2-14-5-7)12-3-8-6-15-11-9(8)4-12/h7-9,11H,1-6H2. The van der Waals surface area contributed by atoms with Gasteiger partial charge in [-0.3, -0.25) is 4.79 Å². The number of fused-ring (bicyclic) bond motifs is 1. The molecule has 1 amide bonds. The van der Waals surface area contributed by atoms with Crippen molar-refractivity contribution in [3.63, 3.8) is 0 Å². The Labute approximate surface area is 88.7 Å². The van der Waals surface area contributed by atoms with Crippen molar-refractivity contribution in [1.82, 2.24) is 10.4 Å². The molecular weight excluding hydrogens is 196 g/mol. The Morgan fingerprint density at radius 3 is 3.00 bits per heavy atom. The van der Waals surface area contributed by atoms with Crippen LogP contribution < -0.4 is 5.48 Å². The number of likely N-dealkylation sites (tertiary alicyclic amines) is 1. The smallest absolute Gasteiger partial charge is 0.228 e. The molecule has 5 nitrogen and oxygen atoms in total. The number of hydrogen-bond donors (Lipinski definition) is 1. The average Bonchev–Trinajstić information content (AvgIpc) is 2.92. The molecule has 3 fully saturated rings. The van der Waals surface area contributed by atoms with Crippen molar-refractivity contribution in [3.8, 4) is 0 Å². The number of hydroxylamine groups is 1. The minimum atomic E-state index is 0.102. The number of carbonyl (C=O) groups excluding carboxylic acids is 1. The molecule has 84 valence electrons. The molecule has 0 bridgehead atoms. The van der Waals surface area contributed by atoms with Gasteiger partial charge in [-0.1, -0.05) is 0 Å². The third-order valence-electron chi connectivity index (χ3n) is 3.56. The molecule has 5 heteroatoms. The molecular formula is C10H16N2O3.